The second-order valence-corrected chi connectivity index (χ2v) is 9.80. The Morgan fingerprint density at radius 1 is 1.16 bits per heavy atom. The second-order valence-electron chi connectivity index (χ2n) is 9.80. The molecule has 6 heteroatoms. The summed E-state index contributed by atoms with van der Waals surface area (Å²) in [5.74, 6) is -0.249. The molecule has 2 aromatic rings. The van der Waals surface area contributed by atoms with Crippen LogP contribution in [0.1, 0.15) is 51.3 Å². The summed E-state index contributed by atoms with van der Waals surface area (Å²) in [5.41, 5.74) is 4.61. The number of fused-ring (bicyclic) bond motifs is 1. The van der Waals surface area contributed by atoms with Gasteiger partial charge in [0.2, 0.25) is 0 Å². The minimum absolute atomic E-state index is 0.0707. The minimum Gasteiger partial charge on any atom is -0.362 e. The topological polar surface area (TPSA) is 66.7 Å². The quantitative estimate of drug-likeness (QED) is 0.673. The zero-order chi connectivity index (χ0) is 22.7. The number of halogens is 1. The molecule has 164 valence electrons. The van der Waals surface area contributed by atoms with E-state index in [-0.39, 0.29) is 23.2 Å². The minimum atomic E-state index is -0.898. The number of allylic oxidation sites excluding steroid dienone is 2. The molecule has 1 aliphatic carbocycles. The number of ketones is 1. The van der Waals surface area contributed by atoms with Gasteiger partial charge in [-0.05, 0) is 60.6 Å². The van der Waals surface area contributed by atoms with Crippen LogP contribution < -0.4 is 5.32 Å². The van der Waals surface area contributed by atoms with Crippen molar-refractivity contribution in [3.63, 3.8) is 0 Å². The molecule has 1 aromatic carbocycles. The number of carbonyl (C=O) groups excluding carboxylic acids is 1. The Bertz CT molecular complexity index is 1230. The van der Waals surface area contributed by atoms with E-state index >= 15 is 4.39 Å². The molecule has 1 aromatic heterocycles. The highest BCUT2D eigenvalue weighted by atomic mass is 19.1. The molecule has 2 atom stereocenters. The largest absolute Gasteiger partial charge is 0.362 e. The van der Waals surface area contributed by atoms with Gasteiger partial charge in [-0.1, -0.05) is 26.8 Å². The third kappa shape index (κ3) is 3.04. The number of hydrogen-bond donors (Lipinski definition) is 1. The summed E-state index contributed by atoms with van der Waals surface area (Å²) in [5, 5.41) is 12.0. The molecule has 0 fully saturated rings. The van der Waals surface area contributed by atoms with Crippen molar-refractivity contribution in [2.24, 2.45) is 15.6 Å². The van der Waals surface area contributed by atoms with Gasteiger partial charge >= 0.3 is 0 Å². The lowest BCUT2D eigenvalue weighted by Gasteiger charge is -2.47. The Balaban J connectivity index is 1.78. The molecule has 0 bridgehead atoms. The van der Waals surface area contributed by atoms with Crippen LogP contribution in [-0.2, 0) is 10.2 Å². The number of benzene rings is 1. The summed E-state index contributed by atoms with van der Waals surface area (Å²) in [7, 11) is 0. The van der Waals surface area contributed by atoms with Crippen molar-refractivity contribution in [1.29, 1.82) is 0 Å². The first-order valence-electron chi connectivity index (χ1n) is 11.1. The first-order valence-corrected chi connectivity index (χ1v) is 11.1. The lowest BCUT2D eigenvalue weighted by Crippen LogP contribution is -2.51. The number of azo groups is 1. The van der Waals surface area contributed by atoms with E-state index in [9.17, 15) is 4.79 Å². The Labute approximate surface area is 187 Å². The van der Waals surface area contributed by atoms with Crippen LogP contribution in [0.15, 0.2) is 69.8 Å². The molecule has 1 unspecified atom stereocenters. The predicted octanol–water partition coefficient (Wildman–Crippen LogP) is 5.77. The van der Waals surface area contributed by atoms with Gasteiger partial charge < -0.3 is 5.32 Å². The summed E-state index contributed by atoms with van der Waals surface area (Å²) in [6.45, 7) is 8.14. The van der Waals surface area contributed by atoms with E-state index in [1.807, 2.05) is 32.0 Å². The molecule has 5 nitrogen and oxygen atoms in total. The Kier molecular flexibility index (Phi) is 4.66. The van der Waals surface area contributed by atoms with E-state index in [0.29, 0.717) is 24.0 Å². The highest BCUT2D eigenvalue weighted by molar-refractivity contribution is 6.01. The highest BCUT2D eigenvalue weighted by Crippen LogP contribution is 2.54. The first kappa shape index (κ1) is 20.7. The zero-order valence-corrected chi connectivity index (χ0v) is 18.9. The number of Topliss-reactive ketones (excluding diaryl/α,β-unsaturated/α-hetero) is 1. The standard InChI is InChI=1S/C26H27FN4O/c1-5-26(18-11-16(6-7-20(18)27)17-8-9-28-15(2)10-17)19-14-29-31-24(19)30-21-12-25(3,4)13-22(32)23(21)26/h6-11,14,24,30H,5,12-13H2,1-4H3/t24?,26-/m0/s1. The molecule has 1 N–H and O–H groups in total. The monoisotopic (exact) mass is 430 g/mol. The molecule has 0 spiro atoms. The maximum absolute atomic E-state index is 15.6. The summed E-state index contributed by atoms with van der Waals surface area (Å²) in [6, 6.07) is 9.10. The van der Waals surface area contributed by atoms with Gasteiger partial charge in [0.1, 0.15) is 5.82 Å². The van der Waals surface area contributed by atoms with E-state index in [0.717, 1.165) is 34.5 Å². The van der Waals surface area contributed by atoms with E-state index in [1.54, 1.807) is 18.5 Å². The predicted molar refractivity (Wildman–Crippen MR) is 121 cm³/mol. The second kappa shape index (κ2) is 7.19. The molecular weight excluding hydrogens is 403 g/mol. The average molecular weight is 431 g/mol. The average Bonchev–Trinajstić information content (AvgIpc) is 3.20. The van der Waals surface area contributed by atoms with Crippen LogP contribution in [0, 0.1) is 18.2 Å². The normalized spacial score (nSPS) is 25.8. The molecule has 0 saturated heterocycles. The summed E-state index contributed by atoms with van der Waals surface area (Å²) in [4.78, 5) is 17.9. The maximum atomic E-state index is 15.6. The number of aryl methyl sites for hydroxylation is 1. The van der Waals surface area contributed by atoms with E-state index < -0.39 is 5.41 Å². The van der Waals surface area contributed by atoms with Crippen LogP contribution in [0.4, 0.5) is 4.39 Å². The summed E-state index contributed by atoms with van der Waals surface area (Å²) < 4.78 is 15.6. The molecule has 32 heavy (non-hydrogen) atoms. The van der Waals surface area contributed by atoms with Crippen molar-refractivity contribution >= 4 is 5.78 Å². The maximum Gasteiger partial charge on any atom is 0.164 e. The van der Waals surface area contributed by atoms with Crippen molar-refractivity contribution in [2.45, 2.75) is 58.5 Å². The molecule has 3 aliphatic rings. The van der Waals surface area contributed by atoms with Gasteiger partial charge in [0, 0.05) is 40.7 Å². The third-order valence-corrected chi connectivity index (χ3v) is 6.97. The van der Waals surface area contributed by atoms with Crippen LogP contribution in [0.5, 0.6) is 0 Å². The molecule has 0 radical (unpaired) electrons. The van der Waals surface area contributed by atoms with Gasteiger partial charge in [-0.2, -0.15) is 10.2 Å². The molecule has 0 saturated carbocycles. The Hall–Kier alpha value is -3.15. The summed E-state index contributed by atoms with van der Waals surface area (Å²) in [6.07, 6.45) is 4.80. The van der Waals surface area contributed by atoms with Gasteiger partial charge in [-0.15, -0.1) is 0 Å². The smallest absolute Gasteiger partial charge is 0.164 e. The van der Waals surface area contributed by atoms with Crippen molar-refractivity contribution in [1.82, 2.24) is 10.3 Å². The lowest BCUT2D eigenvalue weighted by molar-refractivity contribution is -0.119. The fraction of sp³-hybridized carbons (Fsp3) is 0.385. The van der Waals surface area contributed by atoms with Gasteiger partial charge in [0.15, 0.2) is 11.9 Å². The number of rotatable bonds is 3. The Morgan fingerprint density at radius 2 is 1.94 bits per heavy atom. The van der Waals surface area contributed by atoms with E-state index in [4.69, 9.17) is 0 Å². The van der Waals surface area contributed by atoms with Crippen LogP contribution in [0.25, 0.3) is 11.1 Å². The van der Waals surface area contributed by atoms with E-state index in [1.165, 1.54) is 6.07 Å². The zero-order valence-electron chi connectivity index (χ0n) is 18.9. The molecule has 5 rings (SSSR count). The SMILES string of the molecule is CC[C@]1(c2cc(-c3ccnc(C)c3)ccc2F)C2=CN=NC2NC2=C1C(=O)CC(C)(C)C2. The van der Waals surface area contributed by atoms with E-state index in [2.05, 4.69) is 34.4 Å². The number of nitrogens with one attached hydrogen (secondary N) is 1. The number of carbonyl (C=O) groups is 1. The van der Waals surface area contributed by atoms with Crippen LogP contribution >= 0.6 is 0 Å². The molecule has 2 aliphatic heterocycles. The third-order valence-electron chi connectivity index (χ3n) is 6.97. The lowest BCUT2D eigenvalue weighted by atomic mass is 9.58. The number of aromatic nitrogens is 1. The van der Waals surface area contributed by atoms with Crippen LogP contribution in [0.3, 0.4) is 0 Å². The fourth-order valence-corrected chi connectivity index (χ4v) is 5.61. The molecule has 3 heterocycles. The fourth-order valence-electron chi connectivity index (χ4n) is 5.61. The van der Waals surface area contributed by atoms with Crippen LogP contribution in [-0.4, -0.2) is 16.9 Å². The van der Waals surface area contributed by atoms with Crippen molar-refractivity contribution in [2.75, 3.05) is 0 Å². The van der Waals surface area contributed by atoms with Crippen molar-refractivity contribution < 1.29 is 9.18 Å². The van der Waals surface area contributed by atoms with Gasteiger partial charge in [-0.3, -0.25) is 9.78 Å². The number of nitrogens with zero attached hydrogens (tertiary/aromatic N) is 3. The Morgan fingerprint density at radius 3 is 2.69 bits per heavy atom. The number of hydrogen-bond acceptors (Lipinski definition) is 5. The highest BCUT2D eigenvalue weighted by Gasteiger charge is 2.53. The molecule has 0 amide bonds. The summed E-state index contributed by atoms with van der Waals surface area (Å²) >= 11 is 0. The van der Waals surface area contributed by atoms with Crippen LogP contribution in [0.2, 0.25) is 0 Å². The van der Waals surface area contributed by atoms with Gasteiger partial charge in [0.25, 0.3) is 0 Å². The first-order chi connectivity index (χ1) is 15.2. The molecular formula is C26H27FN4O. The van der Waals surface area contributed by atoms with Gasteiger partial charge in [-0.25, -0.2) is 4.39 Å². The number of pyridine rings is 1. The van der Waals surface area contributed by atoms with Gasteiger partial charge in [0.05, 0.1) is 11.6 Å². The van der Waals surface area contributed by atoms with Crippen molar-refractivity contribution in [3.8, 4) is 11.1 Å². The van der Waals surface area contributed by atoms with Crippen molar-refractivity contribution in [3.05, 3.63) is 76.6 Å².